The molecule has 1 fully saturated rings. The molecule has 10 heavy (non-hydrogen) atoms. The average Bonchev–Trinajstić information content (AvgIpc) is 2.62. The molecule has 60 valence electrons. The van der Waals surface area contributed by atoms with Crippen molar-refractivity contribution >= 4 is 0 Å². The van der Waals surface area contributed by atoms with Crippen LogP contribution in [-0.2, 0) is 4.74 Å². The Morgan fingerprint density at radius 3 is 2.80 bits per heavy atom. The van der Waals surface area contributed by atoms with Gasteiger partial charge in [0, 0.05) is 20.2 Å². The monoisotopic (exact) mass is 144 g/mol. The Labute approximate surface area is 62.1 Å². The largest absolute Gasteiger partial charge is 0.380 e. The third kappa shape index (κ3) is 3.82. The molecule has 0 aliphatic heterocycles. The van der Waals surface area contributed by atoms with Crippen molar-refractivity contribution in [2.75, 3.05) is 26.8 Å². The molecule has 3 nitrogen and oxygen atoms in total. The van der Waals surface area contributed by atoms with E-state index in [4.69, 9.17) is 10.6 Å². The van der Waals surface area contributed by atoms with Gasteiger partial charge in [-0.2, -0.15) is 0 Å². The van der Waals surface area contributed by atoms with Gasteiger partial charge in [0.25, 0.3) is 0 Å². The summed E-state index contributed by atoms with van der Waals surface area (Å²) in [5, 5.41) is 1.65. The van der Waals surface area contributed by atoms with Crippen LogP contribution in [0.1, 0.15) is 12.8 Å². The summed E-state index contributed by atoms with van der Waals surface area (Å²) in [6.07, 6.45) is 2.72. The Kier molecular flexibility index (Phi) is 3.12. The Morgan fingerprint density at radius 1 is 1.60 bits per heavy atom. The number of ether oxygens (including phenoxy) is 1. The first-order valence-corrected chi connectivity index (χ1v) is 3.82. The van der Waals surface area contributed by atoms with E-state index < -0.39 is 0 Å². The van der Waals surface area contributed by atoms with E-state index in [-0.39, 0.29) is 0 Å². The third-order valence-electron chi connectivity index (χ3n) is 1.64. The van der Waals surface area contributed by atoms with Crippen LogP contribution in [0.25, 0.3) is 0 Å². The second-order valence-corrected chi connectivity index (χ2v) is 3.00. The zero-order valence-corrected chi connectivity index (χ0v) is 6.55. The van der Waals surface area contributed by atoms with Crippen molar-refractivity contribution < 1.29 is 4.74 Å². The molecule has 1 aliphatic carbocycles. The van der Waals surface area contributed by atoms with Gasteiger partial charge in [0.1, 0.15) is 0 Å². The highest BCUT2D eigenvalue weighted by molar-refractivity contribution is 4.71. The standard InChI is InChI=1S/C7H16N2O/c1-9(8)4-5-10-6-7-2-3-7/h7H,2-6,8H2,1H3. The van der Waals surface area contributed by atoms with Crippen LogP contribution in [0.15, 0.2) is 0 Å². The highest BCUT2D eigenvalue weighted by atomic mass is 16.5. The molecule has 0 unspecified atom stereocenters. The molecule has 2 N–H and O–H groups in total. The molecule has 1 aliphatic rings. The van der Waals surface area contributed by atoms with E-state index in [1.807, 2.05) is 7.05 Å². The number of rotatable bonds is 5. The van der Waals surface area contributed by atoms with Crippen LogP contribution in [0.4, 0.5) is 0 Å². The number of nitrogens with two attached hydrogens (primary N) is 1. The molecule has 0 aromatic carbocycles. The lowest BCUT2D eigenvalue weighted by molar-refractivity contribution is 0.104. The highest BCUT2D eigenvalue weighted by Crippen LogP contribution is 2.28. The summed E-state index contributed by atoms with van der Waals surface area (Å²) in [4.78, 5) is 0. The van der Waals surface area contributed by atoms with Crippen molar-refractivity contribution in [2.45, 2.75) is 12.8 Å². The molecule has 3 heteroatoms. The fourth-order valence-corrected chi connectivity index (χ4v) is 0.743. The molecule has 0 saturated heterocycles. The maximum absolute atomic E-state index is 5.38. The van der Waals surface area contributed by atoms with Gasteiger partial charge in [-0.1, -0.05) is 0 Å². The minimum Gasteiger partial charge on any atom is -0.380 e. The van der Waals surface area contributed by atoms with Gasteiger partial charge in [-0.25, -0.2) is 5.01 Å². The fourth-order valence-electron chi connectivity index (χ4n) is 0.743. The molecular weight excluding hydrogens is 128 g/mol. The summed E-state index contributed by atoms with van der Waals surface area (Å²) in [6, 6.07) is 0. The lowest BCUT2D eigenvalue weighted by Crippen LogP contribution is -2.29. The minimum absolute atomic E-state index is 0.767. The minimum atomic E-state index is 0.767. The van der Waals surface area contributed by atoms with Crippen LogP contribution < -0.4 is 5.84 Å². The molecule has 0 bridgehead atoms. The number of likely N-dealkylation sites (N-methyl/N-ethyl adjacent to an activating group) is 1. The predicted octanol–water partition coefficient (Wildman–Crippen LogP) is 0.218. The summed E-state index contributed by atoms with van der Waals surface area (Å²) in [5.41, 5.74) is 0. The van der Waals surface area contributed by atoms with E-state index in [0.717, 1.165) is 25.7 Å². The first-order valence-electron chi connectivity index (χ1n) is 3.82. The van der Waals surface area contributed by atoms with E-state index in [9.17, 15) is 0 Å². The van der Waals surface area contributed by atoms with E-state index in [1.165, 1.54) is 12.8 Å². The summed E-state index contributed by atoms with van der Waals surface area (Å²) in [7, 11) is 1.85. The van der Waals surface area contributed by atoms with Gasteiger partial charge >= 0.3 is 0 Å². The smallest absolute Gasteiger partial charge is 0.0607 e. The number of nitrogens with zero attached hydrogens (tertiary/aromatic N) is 1. The first-order chi connectivity index (χ1) is 4.79. The van der Waals surface area contributed by atoms with Crippen LogP contribution in [-0.4, -0.2) is 31.8 Å². The number of hydrogen-bond donors (Lipinski definition) is 1. The van der Waals surface area contributed by atoms with Gasteiger partial charge in [0.05, 0.1) is 6.61 Å². The van der Waals surface area contributed by atoms with E-state index in [1.54, 1.807) is 5.01 Å². The normalized spacial score (nSPS) is 18.3. The van der Waals surface area contributed by atoms with Crippen LogP contribution in [0.5, 0.6) is 0 Å². The zero-order valence-electron chi connectivity index (χ0n) is 6.55. The van der Waals surface area contributed by atoms with E-state index in [0.29, 0.717) is 0 Å². The van der Waals surface area contributed by atoms with Crippen molar-refractivity contribution in [1.29, 1.82) is 0 Å². The van der Waals surface area contributed by atoms with Gasteiger partial charge in [-0.15, -0.1) is 0 Å². The predicted molar refractivity (Wildman–Crippen MR) is 40.4 cm³/mol. The van der Waals surface area contributed by atoms with Crippen LogP contribution in [0.3, 0.4) is 0 Å². The Bertz CT molecular complexity index is 87.6. The van der Waals surface area contributed by atoms with Crippen molar-refractivity contribution in [3.63, 3.8) is 0 Å². The SMILES string of the molecule is CN(N)CCOCC1CC1. The van der Waals surface area contributed by atoms with Crippen molar-refractivity contribution in [3.8, 4) is 0 Å². The van der Waals surface area contributed by atoms with Crippen LogP contribution >= 0.6 is 0 Å². The molecule has 0 amide bonds. The lowest BCUT2D eigenvalue weighted by Gasteiger charge is -2.08. The molecule has 0 heterocycles. The molecule has 0 atom stereocenters. The summed E-state index contributed by atoms with van der Waals surface area (Å²) in [5.74, 6) is 6.24. The van der Waals surface area contributed by atoms with Gasteiger partial charge in [0.2, 0.25) is 0 Å². The second kappa shape index (κ2) is 3.91. The second-order valence-electron chi connectivity index (χ2n) is 3.00. The quantitative estimate of drug-likeness (QED) is 0.341. The Balaban J connectivity index is 1.76. The Hall–Kier alpha value is -0.120. The highest BCUT2D eigenvalue weighted by Gasteiger charge is 2.20. The summed E-state index contributed by atoms with van der Waals surface area (Å²) in [6.45, 7) is 2.53. The van der Waals surface area contributed by atoms with E-state index in [2.05, 4.69) is 0 Å². The molecule has 1 saturated carbocycles. The Morgan fingerprint density at radius 2 is 2.30 bits per heavy atom. The number of hydrazine groups is 1. The van der Waals surface area contributed by atoms with Crippen molar-refractivity contribution in [3.05, 3.63) is 0 Å². The molecule has 0 aromatic heterocycles. The van der Waals surface area contributed by atoms with Crippen molar-refractivity contribution in [1.82, 2.24) is 5.01 Å². The zero-order chi connectivity index (χ0) is 7.40. The fraction of sp³-hybridized carbons (Fsp3) is 1.00. The molecule has 0 radical (unpaired) electrons. The third-order valence-corrected chi connectivity index (χ3v) is 1.64. The van der Waals surface area contributed by atoms with Gasteiger partial charge in [-0.3, -0.25) is 5.84 Å². The lowest BCUT2D eigenvalue weighted by atomic mass is 10.5. The van der Waals surface area contributed by atoms with Gasteiger partial charge in [-0.05, 0) is 18.8 Å². The maximum Gasteiger partial charge on any atom is 0.0607 e. The molecule has 0 aromatic rings. The molecular formula is C7H16N2O. The topological polar surface area (TPSA) is 38.5 Å². The summed E-state index contributed by atoms with van der Waals surface area (Å²) < 4.78 is 5.35. The number of hydrogen-bond acceptors (Lipinski definition) is 3. The van der Waals surface area contributed by atoms with Crippen molar-refractivity contribution in [2.24, 2.45) is 11.8 Å². The summed E-state index contributed by atoms with van der Waals surface area (Å²) >= 11 is 0. The first kappa shape index (κ1) is 7.98. The van der Waals surface area contributed by atoms with Crippen LogP contribution in [0.2, 0.25) is 0 Å². The van der Waals surface area contributed by atoms with E-state index >= 15 is 0 Å². The average molecular weight is 144 g/mol. The molecule has 1 rings (SSSR count). The molecule has 0 spiro atoms. The van der Waals surface area contributed by atoms with Crippen LogP contribution in [0, 0.1) is 5.92 Å². The van der Waals surface area contributed by atoms with Gasteiger partial charge < -0.3 is 4.74 Å². The van der Waals surface area contributed by atoms with Gasteiger partial charge in [0.15, 0.2) is 0 Å². The maximum atomic E-state index is 5.38.